The van der Waals surface area contributed by atoms with Gasteiger partial charge in [0.2, 0.25) is 0 Å². The second-order valence-electron chi connectivity index (χ2n) is 10.1. The molecule has 192 valence electrons. The Balaban J connectivity index is 1.37. The first-order chi connectivity index (χ1) is 20.3. The van der Waals surface area contributed by atoms with E-state index in [4.69, 9.17) is 19.4 Å². The zero-order valence-electron chi connectivity index (χ0n) is 22.0. The summed E-state index contributed by atoms with van der Waals surface area (Å²) in [4.78, 5) is 15.0. The molecule has 0 saturated heterocycles. The van der Waals surface area contributed by atoms with Crippen LogP contribution in [0.3, 0.4) is 0 Å². The maximum atomic E-state index is 6.23. The number of furan rings is 1. The summed E-state index contributed by atoms with van der Waals surface area (Å²) in [6.07, 6.45) is 0. The minimum Gasteiger partial charge on any atom is -0.456 e. The van der Waals surface area contributed by atoms with Crippen LogP contribution in [-0.2, 0) is 0 Å². The van der Waals surface area contributed by atoms with Crippen LogP contribution in [0.4, 0.5) is 0 Å². The smallest absolute Gasteiger partial charge is 0.164 e. The molecule has 0 aliphatic rings. The van der Waals surface area contributed by atoms with Crippen molar-refractivity contribution in [3.63, 3.8) is 0 Å². The van der Waals surface area contributed by atoms with Gasteiger partial charge in [0.15, 0.2) is 17.5 Å². The maximum absolute atomic E-state index is 6.23. The van der Waals surface area contributed by atoms with Crippen LogP contribution >= 0.6 is 0 Å². The molecule has 0 spiro atoms. The maximum Gasteiger partial charge on any atom is 0.164 e. The molecule has 8 rings (SSSR count). The van der Waals surface area contributed by atoms with E-state index in [9.17, 15) is 0 Å². The lowest BCUT2D eigenvalue weighted by Crippen LogP contribution is -2.00. The van der Waals surface area contributed by atoms with Gasteiger partial charge < -0.3 is 4.42 Å². The number of benzene rings is 6. The monoisotopic (exact) mass is 525 g/mol. The van der Waals surface area contributed by atoms with Gasteiger partial charge in [0.1, 0.15) is 11.2 Å². The summed E-state index contributed by atoms with van der Waals surface area (Å²) in [7, 11) is 0. The van der Waals surface area contributed by atoms with Crippen LogP contribution in [-0.4, -0.2) is 15.0 Å². The van der Waals surface area contributed by atoms with Gasteiger partial charge in [0, 0.05) is 32.8 Å². The van der Waals surface area contributed by atoms with Gasteiger partial charge in [0.05, 0.1) is 0 Å². The molecule has 0 N–H and O–H groups in total. The van der Waals surface area contributed by atoms with Crippen LogP contribution in [0.15, 0.2) is 144 Å². The third-order valence-electron chi connectivity index (χ3n) is 7.54. The Kier molecular flexibility index (Phi) is 5.42. The first kappa shape index (κ1) is 23.3. The summed E-state index contributed by atoms with van der Waals surface area (Å²) in [5, 5.41) is 4.33. The lowest BCUT2D eigenvalue weighted by atomic mass is 9.98. The molecule has 0 bridgehead atoms. The Morgan fingerprint density at radius 1 is 0.366 bits per heavy atom. The van der Waals surface area contributed by atoms with Crippen molar-refractivity contribution in [2.24, 2.45) is 0 Å². The van der Waals surface area contributed by atoms with Gasteiger partial charge in [0.25, 0.3) is 0 Å². The van der Waals surface area contributed by atoms with Crippen molar-refractivity contribution in [2.75, 3.05) is 0 Å². The Morgan fingerprint density at radius 3 is 1.71 bits per heavy atom. The number of hydrogen-bond donors (Lipinski definition) is 0. The summed E-state index contributed by atoms with van der Waals surface area (Å²) in [6, 6.07) is 47.5. The zero-order valence-corrected chi connectivity index (χ0v) is 22.0. The summed E-state index contributed by atoms with van der Waals surface area (Å²) >= 11 is 0. The molecule has 8 aromatic rings. The fraction of sp³-hybridized carbons (Fsp3) is 0. The van der Waals surface area contributed by atoms with Crippen molar-refractivity contribution < 1.29 is 4.42 Å². The molecular formula is C37H23N3O. The first-order valence-corrected chi connectivity index (χ1v) is 13.6. The Labute approximate surface area is 236 Å². The van der Waals surface area contributed by atoms with Crippen molar-refractivity contribution in [2.45, 2.75) is 0 Å². The van der Waals surface area contributed by atoms with Crippen LogP contribution in [0.25, 0.3) is 78.0 Å². The fourth-order valence-electron chi connectivity index (χ4n) is 5.56. The molecule has 0 fully saturated rings. The summed E-state index contributed by atoms with van der Waals surface area (Å²) in [5.74, 6) is 1.90. The zero-order chi connectivity index (χ0) is 27.2. The van der Waals surface area contributed by atoms with Crippen LogP contribution < -0.4 is 0 Å². The van der Waals surface area contributed by atoms with E-state index in [1.165, 1.54) is 5.56 Å². The lowest BCUT2D eigenvalue weighted by molar-refractivity contribution is 0.669. The van der Waals surface area contributed by atoms with E-state index >= 15 is 0 Å². The van der Waals surface area contributed by atoms with Crippen LogP contribution in [0, 0.1) is 0 Å². The molecule has 0 saturated carbocycles. The first-order valence-electron chi connectivity index (χ1n) is 13.6. The van der Waals surface area contributed by atoms with E-state index in [1.54, 1.807) is 0 Å². The highest BCUT2D eigenvalue weighted by Gasteiger charge is 2.18. The summed E-state index contributed by atoms with van der Waals surface area (Å²) < 4.78 is 6.23. The minimum absolute atomic E-state index is 0.629. The predicted molar refractivity (Wildman–Crippen MR) is 166 cm³/mol. The summed E-state index contributed by atoms with van der Waals surface area (Å²) in [5.41, 5.74) is 6.86. The third kappa shape index (κ3) is 4.05. The van der Waals surface area contributed by atoms with E-state index in [0.29, 0.717) is 17.5 Å². The third-order valence-corrected chi connectivity index (χ3v) is 7.54. The second kappa shape index (κ2) is 9.54. The Morgan fingerprint density at radius 2 is 0.951 bits per heavy atom. The van der Waals surface area contributed by atoms with E-state index in [2.05, 4.69) is 78.9 Å². The van der Waals surface area contributed by atoms with Crippen LogP contribution in [0.1, 0.15) is 0 Å². The number of hydrogen-bond acceptors (Lipinski definition) is 4. The largest absolute Gasteiger partial charge is 0.456 e. The minimum atomic E-state index is 0.629. The number of rotatable bonds is 4. The highest BCUT2D eigenvalue weighted by Crippen LogP contribution is 2.39. The molecule has 2 aromatic heterocycles. The standard InChI is InChI=1S/C37H23N3O/c1-3-10-24(11-4-1)25-18-20-28(21-19-25)36-38-35(27-12-5-2-6-13-27)39-37(40-36)30-16-9-14-26-22-23-32-34(33(26)30)29-15-7-8-17-31(29)41-32/h1-23H. The fourth-order valence-corrected chi connectivity index (χ4v) is 5.56. The van der Waals surface area contributed by atoms with E-state index < -0.39 is 0 Å². The summed E-state index contributed by atoms with van der Waals surface area (Å²) in [6.45, 7) is 0. The van der Waals surface area contributed by atoms with Crippen molar-refractivity contribution in [1.29, 1.82) is 0 Å². The molecule has 0 amide bonds. The highest BCUT2D eigenvalue weighted by molar-refractivity contribution is 6.22. The van der Waals surface area contributed by atoms with Crippen molar-refractivity contribution in [3.05, 3.63) is 140 Å². The second-order valence-corrected chi connectivity index (χ2v) is 10.1. The van der Waals surface area contributed by atoms with Gasteiger partial charge in [-0.2, -0.15) is 0 Å². The van der Waals surface area contributed by atoms with Crippen LogP contribution in [0.5, 0.6) is 0 Å². The van der Waals surface area contributed by atoms with Gasteiger partial charge in [-0.25, -0.2) is 15.0 Å². The Bertz CT molecular complexity index is 2180. The Hall–Kier alpha value is -5.61. The molecular weight excluding hydrogens is 502 g/mol. The number of para-hydroxylation sites is 1. The van der Waals surface area contributed by atoms with Gasteiger partial charge >= 0.3 is 0 Å². The quantitative estimate of drug-likeness (QED) is 0.230. The predicted octanol–water partition coefficient (Wildman–Crippen LogP) is 9.59. The van der Waals surface area contributed by atoms with Crippen molar-refractivity contribution in [1.82, 2.24) is 15.0 Å². The van der Waals surface area contributed by atoms with Crippen molar-refractivity contribution >= 4 is 32.7 Å². The molecule has 0 unspecified atom stereocenters. The van der Waals surface area contributed by atoms with Gasteiger partial charge in [-0.1, -0.05) is 127 Å². The van der Waals surface area contributed by atoms with Crippen molar-refractivity contribution in [3.8, 4) is 45.3 Å². The van der Waals surface area contributed by atoms with E-state index in [0.717, 1.165) is 55.0 Å². The molecule has 0 aliphatic carbocycles. The van der Waals surface area contributed by atoms with E-state index in [1.807, 2.05) is 60.7 Å². The molecule has 0 atom stereocenters. The molecule has 4 heteroatoms. The van der Waals surface area contributed by atoms with E-state index in [-0.39, 0.29) is 0 Å². The van der Waals surface area contributed by atoms with Crippen LogP contribution in [0.2, 0.25) is 0 Å². The number of nitrogens with zero attached hydrogens (tertiary/aromatic N) is 3. The average molecular weight is 526 g/mol. The topological polar surface area (TPSA) is 51.8 Å². The average Bonchev–Trinajstić information content (AvgIpc) is 3.44. The SMILES string of the molecule is c1ccc(-c2ccc(-c3nc(-c4ccccc4)nc(-c4cccc5ccc6oc7ccccc7c6c45)n3)cc2)cc1. The normalized spacial score (nSPS) is 11.4. The molecule has 0 radical (unpaired) electrons. The lowest BCUT2D eigenvalue weighted by Gasteiger charge is -2.11. The van der Waals surface area contributed by atoms with Gasteiger partial charge in [-0.3, -0.25) is 0 Å². The number of aromatic nitrogens is 3. The molecule has 41 heavy (non-hydrogen) atoms. The molecule has 2 heterocycles. The molecule has 6 aromatic carbocycles. The van der Waals surface area contributed by atoms with Gasteiger partial charge in [-0.05, 0) is 28.6 Å². The number of fused-ring (bicyclic) bond motifs is 5. The highest BCUT2D eigenvalue weighted by atomic mass is 16.3. The van der Waals surface area contributed by atoms with Gasteiger partial charge in [-0.15, -0.1) is 0 Å². The molecule has 0 aliphatic heterocycles. The molecule has 4 nitrogen and oxygen atoms in total.